The third-order valence-corrected chi connectivity index (χ3v) is 6.66. The van der Waals surface area contributed by atoms with E-state index in [1.165, 1.54) is 24.2 Å². The van der Waals surface area contributed by atoms with Crippen molar-refractivity contribution in [3.8, 4) is 5.75 Å². The van der Waals surface area contributed by atoms with E-state index in [9.17, 15) is 5.11 Å². The minimum Gasteiger partial charge on any atom is -0.507 e. The van der Waals surface area contributed by atoms with Crippen molar-refractivity contribution in [2.45, 2.75) is 93.6 Å². The summed E-state index contributed by atoms with van der Waals surface area (Å²) < 4.78 is 0. The first-order valence-electron chi connectivity index (χ1n) is 8.69. The third-order valence-electron chi connectivity index (χ3n) is 4.61. The van der Waals surface area contributed by atoms with Gasteiger partial charge in [-0.05, 0) is 35.8 Å². The van der Waals surface area contributed by atoms with E-state index in [1.54, 1.807) is 0 Å². The highest BCUT2D eigenvalue weighted by Crippen LogP contribution is 2.44. The molecule has 1 aliphatic carbocycles. The summed E-state index contributed by atoms with van der Waals surface area (Å²) in [4.78, 5) is 1.25. The molecule has 23 heavy (non-hydrogen) atoms. The fourth-order valence-corrected chi connectivity index (χ4v) is 4.90. The lowest BCUT2D eigenvalue weighted by atomic mass is 9.79. The summed E-state index contributed by atoms with van der Waals surface area (Å²) in [5.74, 6) is 0.459. The average Bonchev–Trinajstić information content (AvgIpc) is 2.40. The summed E-state index contributed by atoms with van der Waals surface area (Å²) in [5.41, 5.74) is 1.92. The van der Waals surface area contributed by atoms with Crippen LogP contribution >= 0.6 is 23.4 Å². The Morgan fingerprint density at radius 3 is 1.87 bits per heavy atom. The van der Waals surface area contributed by atoms with E-state index in [1.807, 2.05) is 11.8 Å². The number of rotatable bonds is 2. The number of hydrogen-bond donors (Lipinski definition) is 1. The molecule has 1 aliphatic rings. The predicted octanol–water partition coefficient (Wildman–Crippen LogP) is 6.63. The highest BCUT2D eigenvalue weighted by Gasteiger charge is 2.29. The van der Waals surface area contributed by atoms with Crippen LogP contribution in [0.4, 0.5) is 0 Å². The van der Waals surface area contributed by atoms with Gasteiger partial charge >= 0.3 is 0 Å². The monoisotopic (exact) mass is 354 g/mol. The number of thioether (sulfide) groups is 1. The Bertz CT molecular complexity index is 519. The molecular weight excluding hydrogens is 324 g/mol. The van der Waals surface area contributed by atoms with Gasteiger partial charge < -0.3 is 5.11 Å². The number of phenols is 1. The molecule has 3 heteroatoms. The van der Waals surface area contributed by atoms with E-state index in [2.05, 4.69) is 53.7 Å². The van der Waals surface area contributed by atoms with Gasteiger partial charge in [-0.15, -0.1) is 23.4 Å². The van der Waals surface area contributed by atoms with Gasteiger partial charge in [-0.1, -0.05) is 54.4 Å². The fraction of sp³-hybridized carbons (Fsp3) is 0.700. The van der Waals surface area contributed by atoms with Gasteiger partial charge in [0.25, 0.3) is 0 Å². The topological polar surface area (TPSA) is 20.2 Å². The Morgan fingerprint density at radius 1 is 0.957 bits per heavy atom. The Morgan fingerprint density at radius 2 is 1.43 bits per heavy atom. The standard InChI is InChI=1S/C20H31ClOS/c1-19(2,3)14-11-13(12-15(18(14)22)20(4,5)6)23-17-10-8-7-9-16(17)21/h11-12,16-17,22H,7-10H2,1-6H3. The minimum absolute atomic E-state index is 0.0758. The molecule has 0 spiro atoms. The van der Waals surface area contributed by atoms with Crippen molar-refractivity contribution in [3.05, 3.63) is 23.3 Å². The zero-order valence-electron chi connectivity index (χ0n) is 15.4. The van der Waals surface area contributed by atoms with Crippen LogP contribution in [0.1, 0.15) is 78.4 Å². The summed E-state index contributed by atoms with van der Waals surface area (Å²) in [5, 5.41) is 11.6. The average molecular weight is 355 g/mol. The molecule has 0 heterocycles. The molecule has 0 aromatic heterocycles. The molecule has 1 fully saturated rings. The van der Waals surface area contributed by atoms with Crippen LogP contribution in [0.15, 0.2) is 17.0 Å². The SMILES string of the molecule is CC(C)(C)c1cc(SC2CCCCC2Cl)cc(C(C)(C)C)c1O. The zero-order chi connectivity index (χ0) is 17.4. The summed E-state index contributed by atoms with van der Waals surface area (Å²) in [6.07, 6.45) is 4.84. The fourth-order valence-electron chi connectivity index (χ4n) is 3.18. The third kappa shape index (κ3) is 4.60. The number of halogens is 1. The van der Waals surface area contributed by atoms with Crippen LogP contribution in [-0.2, 0) is 10.8 Å². The summed E-state index contributed by atoms with van der Waals surface area (Å²) in [6, 6.07) is 4.35. The number of phenolic OH excluding ortho intramolecular Hbond substituents is 1. The number of aromatic hydroxyl groups is 1. The second kappa shape index (κ2) is 6.88. The maximum atomic E-state index is 10.8. The van der Waals surface area contributed by atoms with Crippen LogP contribution < -0.4 is 0 Å². The molecule has 1 nitrogen and oxygen atoms in total. The maximum absolute atomic E-state index is 10.8. The van der Waals surface area contributed by atoms with Crippen LogP contribution in [0.25, 0.3) is 0 Å². The van der Waals surface area contributed by atoms with Gasteiger partial charge in [-0.25, -0.2) is 0 Å². The van der Waals surface area contributed by atoms with Crippen LogP contribution in [-0.4, -0.2) is 15.7 Å². The largest absolute Gasteiger partial charge is 0.507 e. The molecule has 0 bridgehead atoms. The first kappa shape index (κ1) is 19.0. The van der Waals surface area contributed by atoms with Gasteiger partial charge in [-0.3, -0.25) is 0 Å². The lowest BCUT2D eigenvalue weighted by molar-refractivity contribution is 0.422. The molecule has 1 aromatic rings. The molecular formula is C20H31ClOS. The number of alkyl halides is 1. The molecule has 0 amide bonds. The van der Waals surface area contributed by atoms with Crippen molar-refractivity contribution in [2.24, 2.45) is 0 Å². The Kier molecular flexibility index (Phi) is 5.68. The quantitative estimate of drug-likeness (QED) is 0.601. The van der Waals surface area contributed by atoms with Crippen molar-refractivity contribution in [2.75, 3.05) is 0 Å². The molecule has 2 rings (SSSR count). The molecule has 2 atom stereocenters. The summed E-state index contributed by atoms with van der Waals surface area (Å²) in [7, 11) is 0. The molecule has 0 radical (unpaired) electrons. The summed E-state index contributed by atoms with van der Waals surface area (Å²) >= 11 is 8.45. The first-order chi connectivity index (χ1) is 10.5. The van der Waals surface area contributed by atoms with Crippen LogP contribution in [0.3, 0.4) is 0 Å². The van der Waals surface area contributed by atoms with Gasteiger partial charge in [0, 0.05) is 26.6 Å². The highest BCUT2D eigenvalue weighted by molar-refractivity contribution is 8.00. The molecule has 1 aromatic carbocycles. The smallest absolute Gasteiger partial charge is 0.123 e. The van der Waals surface area contributed by atoms with Crippen molar-refractivity contribution in [3.63, 3.8) is 0 Å². The van der Waals surface area contributed by atoms with E-state index in [-0.39, 0.29) is 16.2 Å². The van der Waals surface area contributed by atoms with Crippen LogP contribution in [0.2, 0.25) is 0 Å². The normalized spacial score (nSPS) is 23.1. The molecule has 130 valence electrons. The molecule has 0 saturated heterocycles. The minimum atomic E-state index is -0.0758. The van der Waals surface area contributed by atoms with Crippen molar-refractivity contribution in [1.82, 2.24) is 0 Å². The van der Waals surface area contributed by atoms with Crippen LogP contribution in [0.5, 0.6) is 5.75 Å². The lowest BCUT2D eigenvalue weighted by Gasteiger charge is -2.30. The van der Waals surface area contributed by atoms with E-state index in [0.717, 1.165) is 17.5 Å². The van der Waals surface area contributed by atoms with Crippen molar-refractivity contribution < 1.29 is 5.11 Å². The van der Waals surface area contributed by atoms with E-state index < -0.39 is 0 Å². The van der Waals surface area contributed by atoms with Crippen molar-refractivity contribution in [1.29, 1.82) is 0 Å². The predicted molar refractivity (Wildman–Crippen MR) is 103 cm³/mol. The number of benzene rings is 1. The van der Waals surface area contributed by atoms with E-state index >= 15 is 0 Å². The Balaban J connectivity index is 2.43. The molecule has 1 saturated carbocycles. The Labute approximate surface area is 151 Å². The second-order valence-electron chi connectivity index (χ2n) is 8.82. The molecule has 1 N–H and O–H groups in total. The van der Waals surface area contributed by atoms with Gasteiger partial charge in [0.05, 0.1) is 0 Å². The lowest BCUT2D eigenvalue weighted by Crippen LogP contribution is -2.22. The van der Waals surface area contributed by atoms with Gasteiger partial charge in [0.15, 0.2) is 0 Å². The van der Waals surface area contributed by atoms with Crippen molar-refractivity contribution >= 4 is 23.4 Å². The van der Waals surface area contributed by atoms with Gasteiger partial charge in [0.1, 0.15) is 5.75 Å². The second-order valence-corrected chi connectivity index (χ2v) is 10.7. The van der Waals surface area contributed by atoms with Crippen LogP contribution in [0, 0.1) is 0 Å². The highest BCUT2D eigenvalue weighted by atomic mass is 35.5. The summed E-state index contributed by atoms with van der Waals surface area (Å²) in [6.45, 7) is 13.0. The zero-order valence-corrected chi connectivity index (χ0v) is 16.9. The van der Waals surface area contributed by atoms with Gasteiger partial charge in [0.2, 0.25) is 0 Å². The molecule has 2 unspecified atom stereocenters. The number of hydrogen-bond acceptors (Lipinski definition) is 2. The van der Waals surface area contributed by atoms with E-state index in [4.69, 9.17) is 11.6 Å². The van der Waals surface area contributed by atoms with E-state index in [0.29, 0.717) is 11.0 Å². The Hall–Kier alpha value is -0.340. The maximum Gasteiger partial charge on any atom is 0.123 e. The first-order valence-corrected chi connectivity index (χ1v) is 10.0. The van der Waals surface area contributed by atoms with Gasteiger partial charge in [-0.2, -0.15) is 0 Å². The molecule has 0 aliphatic heterocycles.